The van der Waals surface area contributed by atoms with Gasteiger partial charge in [-0.1, -0.05) is 40.2 Å². The van der Waals surface area contributed by atoms with E-state index in [-0.39, 0.29) is 0 Å². The first-order chi connectivity index (χ1) is 6.83. The van der Waals surface area contributed by atoms with Gasteiger partial charge in [0, 0.05) is 4.47 Å². The summed E-state index contributed by atoms with van der Waals surface area (Å²) in [6, 6.07) is 8.12. The molecule has 0 radical (unpaired) electrons. The van der Waals surface area contributed by atoms with Crippen LogP contribution in [0.4, 0.5) is 0 Å². The number of hydrogen-bond acceptors (Lipinski definition) is 2. The number of rotatable bonds is 4. The van der Waals surface area contributed by atoms with E-state index in [9.17, 15) is 4.79 Å². The van der Waals surface area contributed by atoms with Crippen molar-refractivity contribution in [1.82, 2.24) is 0 Å². The summed E-state index contributed by atoms with van der Waals surface area (Å²) in [5, 5.41) is 0. The lowest BCUT2D eigenvalue weighted by Gasteiger charge is -1.95. The smallest absolute Gasteiger partial charge is 0.211 e. The van der Waals surface area contributed by atoms with E-state index < -0.39 is 0 Å². The van der Waals surface area contributed by atoms with Gasteiger partial charge in [-0.25, -0.2) is 9.79 Å². The van der Waals surface area contributed by atoms with Gasteiger partial charge in [0.1, 0.15) is 0 Å². The highest BCUT2D eigenvalue weighted by Gasteiger charge is 1.88. The van der Waals surface area contributed by atoms with Crippen LogP contribution in [0, 0.1) is 0 Å². The second-order valence-corrected chi connectivity index (χ2v) is 3.65. The van der Waals surface area contributed by atoms with Gasteiger partial charge in [-0.05, 0) is 24.1 Å². The number of nitrogens with zero attached hydrogens (tertiary/aromatic N) is 1. The third-order valence-corrected chi connectivity index (χ3v) is 2.22. The van der Waals surface area contributed by atoms with Crippen LogP contribution in [-0.4, -0.2) is 12.6 Å². The molecule has 72 valence electrons. The number of halogens is 1. The van der Waals surface area contributed by atoms with Gasteiger partial charge in [-0.15, -0.1) is 0 Å². The lowest BCUT2D eigenvalue weighted by atomic mass is 10.1. The maximum atomic E-state index is 9.74. The molecule has 0 saturated carbocycles. The number of carbonyl (C=O) groups excluding carboxylic acids is 1. The molecular weight excluding hydrogens is 242 g/mol. The minimum absolute atomic E-state index is 0.417. The van der Waals surface area contributed by atoms with Gasteiger partial charge in [0.2, 0.25) is 6.08 Å². The molecular formula is C11H10BrNO. The summed E-state index contributed by atoms with van der Waals surface area (Å²) >= 11 is 3.37. The lowest BCUT2D eigenvalue weighted by Crippen LogP contribution is -1.80. The highest BCUT2D eigenvalue weighted by molar-refractivity contribution is 9.10. The first-order valence-electron chi connectivity index (χ1n) is 4.26. The van der Waals surface area contributed by atoms with E-state index >= 15 is 0 Å². The number of hydrogen-bond donors (Lipinski definition) is 0. The molecule has 0 aromatic heterocycles. The molecule has 0 amide bonds. The van der Waals surface area contributed by atoms with Gasteiger partial charge >= 0.3 is 0 Å². The van der Waals surface area contributed by atoms with Crippen LogP contribution < -0.4 is 0 Å². The van der Waals surface area contributed by atoms with E-state index in [0.717, 1.165) is 10.9 Å². The summed E-state index contributed by atoms with van der Waals surface area (Å²) in [5.74, 6) is 0. The van der Waals surface area contributed by atoms with Gasteiger partial charge in [-0.2, -0.15) is 0 Å². The van der Waals surface area contributed by atoms with E-state index in [4.69, 9.17) is 0 Å². The van der Waals surface area contributed by atoms with Gasteiger partial charge in [0.25, 0.3) is 0 Å². The minimum Gasteiger partial charge on any atom is -0.211 e. The van der Waals surface area contributed by atoms with Crippen LogP contribution in [0.3, 0.4) is 0 Å². The zero-order chi connectivity index (χ0) is 10.2. The molecule has 0 aliphatic carbocycles. The molecule has 1 aromatic rings. The van der Waals surface area contributed by atoms with E-state index in [1.165, 1.54) is 11.6 Å². The molecule has 0 unspecified atom stereocenters. The molecule has 0 saturated heterocycles. The van der Waals surface area contributed by atoms with Crippen molar-refractivity contribution < 1.29 is 4.79 Å². The second-order valence-electron chi connectivity index (χ2n) is 2.73. The van der Waals surface area contributed by atoms with Crippen LogP contribution in [0.2, 0.25) is 0 Å². The van der Waals surface area contributed by atoms with E-state index in [1.54, 1.807) is 0 Å². The van der Waals surface area contributed by atoms with Crippen LogP contribution in [0.5, 0.6) is 0 Å². The number of aliphatic imine (C=N–C) groups is 1. The molecule has 0 heterocycles. The van der Waals surface area contributed by atoms with Crippen molar-refractivity contribution in [2.45, 2.75) is 6.42 Å². The Kier molecular flexibility index (Phi) is 4.90. The molecule has 0 aliphatic heterocycles. The third-order valence-electron chi connectivity index (χ3n) is 1.69. The molecule has 14 heavy (non-hydrogen) atoms. The third kappa shape index (κ3) is 4.17. The van der Waals surface area contributed by atoms with Gasteiger partial charge in [0.15, 0.2) is 0 Å². The molecule has 0 N–H and O–H groups in total. The van der Waals surface area contributed by atoms with Crippen LogP contribution >= 0.6 is 15.9 Å². The highest BCUT2D eigenvalue weighted by Crippen LogP contribution is 2.10. The predicted molar refractivity (Wildman–Crippen MR) is 60.0 cm³/mol. The molecule has 0 bridgehead atoms. The Bertz CT molecular complexity index is 350. The Morgan fingerprint density at radius 2 is 2.00 bits per heavy atom. The Morgan fingerprint density at radius 1 is 1.29 bits per heavy atom. The van der Waals surface area contributed by atoms with Crippen molar-refractivity contribution in [2.24, 2.45) is 4.99 Å². The number of isocyanates is 1. The first kappa shape index (κ1) is 10.9. The van der Waals surface area contributed by atoms with Crippen molar-refractivity contribution in [1.29, 1.82) is 0 Å². The van der Waals surface area contributed by atoms with Crippen LogP contribution in [0.25, 0.3) is 0 Å². The Morgan fingerprint density at radius 3 is 2.64 bits per heavy atom. The molecule has 0 spiro atoms. The monoisotopic (exact) mass is 251 g/mol. The Balaban J connectivity index is 2.41. The molecule has 3 heteroatoms. The average Bonchev–Trinajstić information content (AvgIpc) is 2.21. The van der Waals surface area contributed by atoms with Gasteiger partial charge in [-0.3, -0.25) is 0 Å². The van der Waals surface area contributed by atoms with Crippen LogP contribution in [0.1, 0.15) is 5.56 Å². The highest BCUT2D eigenvalue weighted by atomic mass is 79.9. The quantitative estimate of drug-likeness (QED) is 0.460. The lowest BCUT2D eigenvalue weighted by molar-refractivity contribution is 0.564. The molecule has 0 atom stereocenters. The van der Waals surface area contributed by atoms with Gasteiger partial charge < -0.3 is 0 Å². The molecule has 1 rings (SSSR count). The maximum Gasteiger partial charge on any atom is 0.235 e. The molecule has 1 aromatic carbocycles. The minimum atomic E-state index is 0.417. The van der Waals surface area contributed by atoms with Crippen LogP contribution in [-0.2, 0) is 11.2 Å². The first-order valence-corrected chi connectivity index (χ1v) is 5.05. The number of benzene rings is 1. The summed E-state index contributed by atoms with van der Waals surface area (Å²) < 4.78 is 1.08. The molecule has 2 nitrogen and oxygen atoms in total. The van der Waals surface area contributed by atoms with Gasteiger partial charge in [0.05, 0.1) is 6.54 Å². The van der Waals surface area contributed by atoms with E-state index in [1.807, 2.05) is 24.3 Å². The largest absolute Gasteiger partial charge is 0.235 e. The van der Waals surface area contributed by atoms with Crippen molar-refractivity contribution in [3.05, 3.63) is 46.5 Å². The maximum absolute atomic E-state index is 9.74. The molecule has 0 fully saturated rings. The van der Waals surface area contributed by atoms with E-state index in [0.29, 0.717) is 6.54 Å². The zero-order valence-electron chi connectivity index (χ0n) is 7.61. The predicted octanol–water partition coefficient (Wildman–Crippen LogP) is 2.88. The van der Waals surface area contributed by atoms with E-state index in [2.05, 4.69) is 33.1 Å². The van der Waals surface area contributed by atoms with Crippen molar-refractivity contribution in [2.75, 3.05) is 6.54 Å². The fraction of sp³-hybridized carbons (Fsp3) is 0.182. The van der Waals surface area contributed by atoms with Crippen molar-refractivity contribution in [3.63, 3.8) is 0 Å². The Labute approximate surface area is 91.5 Å². The van der Waals surface area contributed by atoms with Crippen LogP contribution in [0.15, 0.2) is 45.9 Å². The normalized spacial score (nSPS) is 10.1. The summed E-state index contributed by atoms with van der Waals surface area (Å²) in [4.78, 5) is 13.2. The number of allylic oxidation sites excluding steroid dienone is 1. The topological polar surface area (TPSA) is 29.4 Å². The summed E-state index contributed by atoms with van der Waals surface area (Å²) in [7, 11) is 0. The standard InChI is InChI=1S/C11H10BrNO/c12-11-6-4-10(5-7-11)3-1-2-8-13-9-14/h1-2,4-7H,3,8H2/b2-1-. The zero-order valence-corrected chi connectivity index (χ0v) is 9.20. The second kappa shape index (κ2) is 6.30. The summed E-state index contributed by atoms with van der Waals surface area (Å²) in [5.41, 5.74) is 1.24. The fourth-order valence-corrected chi connectivity index (χ4v) is 1.27. The van der Waals surface area contributed by atoms with Crippen molar-refractivity contribution in [3.8, 4) is 0 Å². The molecule has 0 aliphatic rings. The summed E-state index contributed by atoms with van der Waals surface area (Å²) in [6.07, 6.45) is 6.20. The van der Waals surface area contributed by atoms with Crippen molar-refractivity contribution >= 4 is 22.0 Å². The average molecular weight is 252 g/mol. The summed E-state index contributed by atoms with van der Waals surface area (Å²) in [6.45, 7) is 0.417. The fourth-order valence-electron chi connectivity index (χ4n) is 1.00. The SMILES string of the molecule is O=C=NC/C=C\Cc1ccc(Br)cc1. The Hall–Kier alpha value is -1.18.